The molecule has 106 heavy (non-hydrogen) atoms. The first-order chi connectivity index (χ1) is 50.5. The molecule has 0 aromatic carbocycles. The Kier molecular flexibility index (Phi) is 20.1. The van der Waals surface area contributed by atoms with Gasteiger partial charge in [-0.05, 0) is 0 Å². The minimum absolute atomic E-state index is 0.00377. The summed E-state index contributed by atoms with van der Waals surface area (Å²) in [6.45, 7) is -2.93. The predicted octanol–water partition coefficient (Wildman–Crippen LogP) is 0.736. The lowest BCUT2D eigenvalue weighted by molar-refractivity contribution is -0.0621. The average molecular weight is 1580 g/mol. The first-order valence-corrected chi connectivity index (χ1v) is 39.7. The van der Waals surface area contributed by atoms with Gasteiger partial charge in [-0.2, -0.15) is 0 Å². The highest BCUT2D eigenvalue weighted by atomic mass is 31.2. The molecule has 5 saturated heterocycles. The van der Waals surface area contributed by atoms with E-state index in [-0.39, 0.29) is 111 Å². The summed E-state index contributed by atoms with van der Waals surface area (Å²) >= 11 is 0. The topological polar surface area (TPSA) is 684 Å². The van der Waals surface area contributed by atoms with E-state index >= 15 is 0 Å². The van der Waals surface area contributed by atoms with Gasteiger partial charge in [-0.1, -0.05) is 0 Å². The summed E-state index contributed by atoms with van der Waals surface area (Å²) in [4.78, 5) is 116. The minimum Gasteiger partial charge on any atom is -0.390 e. The van der Waals surface area contributed by atoms with Crippen molar-refractivity contribution in [3.05, 3.63) is 63.3 Å². The molecule has 568 valence electrons. The second-order valence-corrected chi connectivity index (χ2v) is 32.0. The number of rotatable bonds is 28. The number of phosphoric acid groups is 4. The quantitative estimate of drug-likeness (QED) is 0.0301. The van der Waals surface area contributed by atoms with Crippen molar-refractivity contribution in [3.8, 4) is 0 Å². The molecule has 4 unspecified atom stereocenters. The second kappa shape index (κ2) is 28.9. The van der Waals surface area contributed by atoms with E-state index in [0.29, 0.717) is 5.65 Å². The smallest absolute Gasteiger partial charge is 0.390 e. The summed E-state index contributed by atoms with van der Waals surface area (Å²) in [5.41, 5.74) is 32.2. The number of aliphatic hydroxyl groups is 1. The number of hydrogen-bond donors (Lipinski definition) is 11. The molecule has 5 aliphatic rings. The number of anilines is 5. The average Bonchev–Trinajstić information content (AvgIpc) is 1.65. The number of aliphatic hydroxyl groups excluding tert-OH is 1. The molecule has 0 spiro atoms. The predicted molar refractivity (Wildman–Crippen MR) is 352 cm³/mol. The maximum Gasteiger partial charge on any atom is 0.472 e. The van der Waals surface area contributed by atoms with Crippen LogP contribution in [0.2, 0.25) is 0 Å². The van der Waals surface area contributed by atoms with Crippen molar-refractivity contribution >= 4 is 124 Å². The van der Waals surface area contributed by atoms with Gasteiger partial charge in [0.1, 0.15) is 139 Å². The molecule has 16 N–H and O–H groups in total. The van der Waals surface area contributed by atoms with Crippen molar-refractivity contribution in [2.24, 2.45) is 0 Å². The largest absolute Gasteiger partial charge is 0.472 e. The Morgan fingerprint density at radius 2 is 0.604 bits per heavy atom. The highest BCUT2D eigenvalue weighted by molar-refractivity contribution is 7.53. The number of fused-ring (bicyclic) bond motifs is 5. The Hall–Kier alpha value is -7.90. The molecule has 15 rings (SSSR count). The summed E-state index contributed by atoms with van der Waals surface area (Å²) in [5.74, 6) is 0.141. The fraction of sp³-hybridized carbons (Fsp3) is 0.510. The minimum atomic E-state index is -5.43. The van der Waals surface area contributed by atoms with Gasteiger partial charge in [0.05, 0.1) is 76.9 Å². The van der Waals surface area contributed by atoms with Gasteiger partial charge in [-0.25, -0.2) is 93.0 Å². The van der Waals surface area contributed by atoms with Crippen LogP contribution in [0.1, 0.15) is 63.2 Å². The van der Waals surface area contributed by atoms with Gasteiger partial charge in [-0.3, -0.25) is 59.1 Å². The number of ether oxygens (including phenoxy) is 5. The summed E-state index contributed by atoms with van der Waals surface area (Å²) in [6, 6.07) is 0. The van der Waals surface area contributed by atoms with Crippen molar-refractivity contribution in [3.63, 3.8) is 0 Å². The van der Waals surface area contributed by atoms with Gasteiger partial charge >= 0.3 is 38.9 Å². The monoisotopic (exact) mass is 1580 g/mol. The normalized spacial score (nSPS) is 28.9. The summed E-state index contributed by atoms with van der Waals surface area (Å²) in [5, 5.41) is 11.0. The molecule has 0 aliphatic carbocycles. The van der Waals surface area contributed by atoms with Crippen LogP contribution in [0.25, 0.3) is 55.8 Å². The lowest BCUT2D eigenvalue weighted by Gasteiger charge is -2.26. The first-order valence-electron chi connectivity index (χ1n) is 31.7. The van der Waals surface area contributed by atoms with Crippen molar-refractivity contribution in [2.75, 3.05) is 68.4 Å². The maximum atomic E-state index is 14.5. The lowest BCUT2D eigenvalue weighted by Crippen LogP contribution is -2.32. The van der Waals surface area contributed by atoms with Crippen LogP contribution in [-0.2, 0) is 87.2 Å². The van der Waals surface area contributed by atoms with Gasteiger partial charge in [0.25, 0.3) is 0 Å². The van der Waals surface area contributed by atoms with E-state index in [2.05, 4.69) is 74.8 Å². The zero-order valence-corrected chi connectivity index (χ0v) is 59.0. The maximum absolute atomic E-state index is 14.5. The second-order valence-electron chi connectivity index (χ2n) is 24.5. The fourth-order valence-corrected chi connectivity index (χ4v) is 17.1. The molecule has 19 atom stereocenters. The van der Waals surface area contributed by atoms with E-state index in [1.54, 1.807) is 0 Å². The van der Waals surface area contributed by atoms with E-state index in [0.717, 1.165) is 25.6 Å². The third-order valence-corrected chi connectivity index (χ3v) is 22.4. The molecule has 0 amide bonds. The number of nitrogens with zero attached hydrogens (tertiary/aromatic N) is 20. The van der Waals surface area contributed by atoms with Crippen LogP contribution in [0.5, 0.6) is 0 Å². The van der Waals surface area contributed by atoms with Crippen LogP contribution in [0.15, 0.2) is 63.3 Å². The molecule has 0 saturated carbocycles. The van der Waals surface area contributed by atoms with Crippen LogP contribution in [-0.4, -0.2) is 228 Å². The summed E-state index contributed by atoms with van der Waals surface area (Å²) in [6.07, 6.45) is -8.05. The molecule has 50 nitrogen and oxygen atoms in total. The number of hydrogen-bond acceptors (Lipinski definition) is 40. The molecule has 10 aromatic rings. The fourth-order valence-electron chi connectivity index (χ4n) is 12.7. The molecule has 0 bridgehead atoms. The Labute approximate surface area is 592 Å². The Morgan fingerprint density at radius 1 is 0.358 bits per heavy atom. The van der Waals surface area contributed by atoms with Crippen molar-refractivity contribution in [2.45, 2.75) is 124 Å². The van der Waals surface area contributed by atoms with E-state index in [4.69, 9.17) is 93.1 Å². The number of nitrogen functional groups attached to an aromatic ring is 5. The molecule has 10 aromatic heterocycles. The van der Waals surface area contributed by atoms with Crippen LogP contribution in [0, 0.1) is 0 Å². The zero-order valence-electron chi connectivity index (χ0n) is 54.5. The van der Waals surface area contributed by atoms with E-state index < -0.39 is 164 Å². The van der Waals surface area contributed by atoms with Gasteiger partial charge in [0.15, 0.2) is 57.3 Å². The van der Waals surface area contributed by atoms with E-state index in [9.17, 15) is 52.4 Å². The highest BCUT2D eigenvalue weighted by Gasteiger charge is 2.50. The van der Waals surface area contributed by atoms with Crippen LogP contribution < -0.4 is 28.7 Å². The third kappa shape index (κ3) is 15.5. The van der Waals surface area contributed by atoms with Gasteiger partial charge in [-0.15, -0.1) is 0 Å². The van der Waals surface area contributed by atoms with E-state index in [1.165, 1.54) is 67.1 Å². The Balaban J connectivity index is 0.641. The number of imidazole rings is 5. The SMILES string of the molecule is CP(=O)(OC[C@H]1O[C@@H](n2cnc3c(N)ncnc32)C[C@@H]1OP(=O)(O)OC[C@H]1O[C@@H](n2cnc3c(N)ncnc32)C[C@@H]1OP(=O)(O)OC[C@H]1O[C@@H](n2cnc3c(N)ncnc32)C[C@@H]1OP(=O)(O)OC[C@H]1O[C@@H](n2cnc3c(N)ncnc32)C[C@@H]1O)O[C@H]1C[C@H](n2cnc3c(N)ncnc32)O[C@@H]1COP(=O)(O)O. The first kappa shape index (κ1) is 73.6. The number of phosphoric ester groups is 4. The van der Waals surface area contributed by atoms with Crippen LogP contribution in [0.3, 0.4) is 0 Å². The highest BCUT2D eigenvalue weighted by Crippen LogP contribution is 2.56. The molecule has 5 aliphatic heterocycles. The number of aromatic nitrogens is 20. The van der Waals surface area contributed by atoms with Crippen molar-refractivity contribution in [1.82, 2.24) is 97.6 Å². The Bertz CT molecular complexity index is 5190. The van der Waals surface area contributed by atoms with E-state index in [1.807, 2.05) is 0 Å². The molecule has 55 heteroatoms. The van der Waals surface area contributed by atoms with Crippen LogP contribution >= 0.6 is 38.9 Å². The molecule has 5 fully saturated rings. The summed E-state index contributed by atoms with van der Waals surface area (Å²) < 4.78 is 158. The third-order valence-electron chi connectivity index (χ3n) is 17.6. The van der Waals surface area contributed by atoms with Crippen molar-refractivity contribution in [1.29, 1.82) is 0 Å². The lowest BCUT2D eigenvalue weighted by atomic mass is 10.2. The molecular weight excluding hydrogens is 1520 g/mol. The van der Waals surface area contributed by atoms with Gasteiger partial charge in [0, 0.05) is 38.8 Å². The summed E-state index contributed by atoms with van der Waals surface area (Å²) in [7, 11) is -25.5. The standard InChI is InChI=1S/C51H64N25O25P5/c1-102(78,98-23-3-33(95-29(23)9-89-103(79,80)81)73-18-68-38-43(53)58-13-63-48(38)73)88-8-28-24(4-34(94-28)74-19-69-39-44(54)59-14-64-49(39)74)99-105(84,85)91-11-31-26(6-36(97-31)76-21-71-41-46(56)61-16-66-51(41)76)101-106(86,87)92-10-30-25(5-35(96-30)75-20-70-40-45(55)60-15-65-50(40)75)100-104(82,83)90-7-27-22(77)2-32(93-27)72-17-67-37-42(52)57-12-62-47(37)72/h12-36,77H,2-11H2,1H3,(H,82,83)(H,84,85)(H,86,87)(H2,52,57,62)(H2,53,58,63)(H2,54,59,64)(H2,55,60,65)(H2,56,61,66)(H2,79,80,81)/t22-,23-,24-,25-,26-,27+,28+,29+,30+,31+,32+,33+,34+,35+,36+,102?/m0/s1. The molecular formula is C51H64N25O25P5. The van der Waals surface area contributed by atoms with Gasteiger partial charge < -0.3 is 91.0 Å². The van der Waals surface area contributed by atoms with Crippen LogP contribution in [0.4, 0.5) is 29.1 Å². The Morgan fingerprint density at radius 3 is 0.896 bits per heavy atom. The molecule has 15 heterocycles. The number of nitrogens with two attached hydrogens (primary N) is 5. The van der Waals surface area contributed by atoms with Gasteiger partial charge in [0.2, 0.25) is 0 Å². The van der Waals surface area contributed by atoms with Crippen molar-refractivity contribution < 1.29 is 117 Å². The zero-order chi connectivity index (χ0) is 74.4. The molecule has 0 radical (unpaired) electrons.